The summed E-state index contributed by atoms with van der Waals surface area (Å²) in [7, 11) is 0. The molecule has 21 heavy (non-hydrogen) atoms. The van der Waals surface area contributed by atoms with Gasteiger partial charge in [-0.05, 0) is 44.5 Å². The van der Waals surface area contributed by atoms with Crippen LogP contribution in [0.1, 0.15) is 30.9 Å². The Morgan fingerprint density at radius 2 is 1.95 bits per heavy atom. The number of esters is 1. The Kier molecular flexibility index (Phi) is 3.42. The summed E-state index contributed by atoms with van der Waals surface area (Å²) in [5.41, 5.74) is 3.80. The van der Waals surface area contributed by atoms with Gasteiger partial charge in [-0.1, -0.05) is 23.8 Å². The number of furan rings is 1. The molecule has 0 N–H and O–H groups in total. The monoisotopic (exact) mass is 282 g/mol. The molecule has 2 aromatic carbocycles. The number of aryl methyl sites for hydroxylation is 1. The molecule has 3 nitrogen and oxygen atoms in total. The van der Waals surface area contributed by atoms with Crippen molar-refractivity contribution in [3.8, 4) is 0 Å². The van der Waals surface area contributed by atoms with Gasteiger partial charge >= 0.3 is 5.97 Å². The number of rotatable bonds is 3. The predicted molar refractivity (Wildman–Crippen MR) is 83.5 cm³/mol. The van der Waals surface area contributed by atoms with E-state index in [1.807, 2.05) is 44.2 Å². The van der Waals surface area contributed by atoms with Crippen LogP contribution in [0.25, 0.3) is 21.9 Å². The maximum atomic E-state index is 11.8. The predicted octanol–water partition coefficient (Wildman–Crippen LogP) is 4.56. The van der Waals surface area contributed by atoms with Crippen molar-refractivity contribution in [1.82, 2.24) is 0 Å². The Morgan fingerprint density at radius 3 is 2.71 bits per heavy atom. The quantitative estimate of drug-likeness (QED) is 0.661. The number of benzene rings is 2. The number of hydrogen-bond acceptors (Lipinski definition) is 3. The topological polar surface area (TPSA) is 39.4 Å². The molecule has 0 bridgehead atoms. The first-order valence-corrected chi connectivity index (χ1v) is 7.19. The zero-order valence-electron chi connectivity index (χ0n) is 12.5. The Bertz CT molecular complexity index is 814. The molecule has 3 rings (SSSR count). The molecule has 3 aromatic rings. The van der Waals surface area contributed by atoms with Gasteiger partial charge in [0.15, 0.2) is 0 Å². The Morgan fingerprint density at radius 1 is 1.14 bits per heavy atom. The Labute approximate surface area is 123 Å². The molecule has 0 amide bonds. The van der Waals surface area contributed by atoms with Gasteiger partial charge in [-0.15, -0.1) is 0 Å². The lowest BCUT2D eigenvalue weighted by molar-refractivity contribution is -0.144. The second-order valence-corrected chi connectivity index (χ2v) is 5.33. The maximum Gasteiger partial charge on any atom is 0.313 e. The average Bonchev–Trinajstić information content (AvgIpc) is 2.83. The van der Waals surface area contributed by atoms with Gasteiger partial charge in [-0.3, -0.25) is 4.79 Å². The molecule has 0 saturated heterocycles. The van der Waals surface area contributed by atoms with Gasteiger partial charge in [0.25, 0.3) is 0 Å². The first-order valence-electron chi connectivity index (χ1n) is 7.19. The highest BCUT2D eigenvalue weighted by Gasteiger charge is 2.18. The van der Waals surface area contributed by atoms with E-state index < -0.39 is 0 Å². The van der Waals surface area contributed by atoms with Crippen molar-refractivity contribution in [3.63, 3.8) is 0 Å². The second-order valence-electron chi connectivity index (χ2n) is 5.33. The zero-order chi connectivity index (χ0) is 15.0. The number of carbonyl (C=O) groups excluding carboxylic acids is 1. The fourth-order valence-electron chi connectivity index (χ4n) is 2.58. The second kappa shape index (κ2) is 5.24. The van der Waals surface area contributed by atoms with Crippen molar-refractivity contribution in [2.75, 3.05) is 6.61 Å². The summed E-state index contributed by atoms with van der Waals surface area (Å²) in [5.74, 6) is -0.492. The summed E-state index contributed by atoms with van der Waals surface area (Å²) in [4.78, 5) is 11.8. The average molecular weight is 282 g/mol. The van der Waals surface area contributed by atoms with Crippen molar-refractivity contribution in [1.29, 1.82) is 0 Å². The number of ether oxygens (including phenoxy) is 1. The highest BCUT2D eigenvalue weighted by atomic mass is 16.5. The smallest absolute Gasteiger partial charge is 0.313 e. The van der Waals surface area contributed by atoms with Gasteiger partial charge in [0.2, 0.25) is 0 Å². The van der Waals surface area contributed by atoms with E-state index in [1.165, 1.54) is 5.56 Å². The van der Waals surface area contributed by atoms with Crippen LogP contribution in [0.2, 0.25) is 0 Å². The first-order chi connectivity index (χ1) is 10.1. The largest absolute Gasteiger partial charge is 0.466 e. The summed E-state index contributed by atoms with van der Waals surface area (Å²) >= 11 is 0. The van der Waals surface area contributed by atoms with Crippen LogP contribution >= 0.6 is 0 Å². The highest BCUT2D eigenvalue weighted by Crippen LogP contribution is 2.31. The van der Waals surface area contributed by atoms with Crippen LogP contribution in [-0.2, 0) is 9.53 Å². The normalized spacial score (nSPS) is 12.7. The van der Waals surface area contributed by atoms with Crippen LogP contribution < -0.4 is 0 Å². The molecule has 0 aliphatic rings. The van der Waals surface area contributed by atoms with E-state index in [9.17, 15) is 4.79 Å². The molecular weight excluding hydrogens is 264 g/mol. The number of fused-ring (bicyclic) bond motifs is 3. The third-order valence-corrected chi connectivity index (χ3v) is 3.79. The summed E-state index contributed by atoms with van der Waals surface area (Å²) in [6, 6.07) is 12.1. The van der Waals surface area contributed by atoms with Crippen LogP contribution in [0.5, 0.6) is 0 Å². The Balaban J connectivity index is 2.08. The molecule has 0 radical (unpaired) electrons. The minimum Gasteiger partial charge on any atom is -0.466 e. The summed E-state index contributed by atoms with van der Waals surface area (Å²) in [6.45, 7) is 6.13. The van der Waals surface area contributed by atoms with Gasteiger partial charge in [0.05, 0.1) is 12.5 Å². The molecule has 0 fully saturated rings. The van der Waals surface area contributed by atoms with Crippen molar-refractivity contribution < 1.29 is 13.9 Å². The van der Waals surface area contributed by atoms with E-state index >= 15 is 0 Å². The van der Waals surface area contributed by atoms with E-state index in [0.717, 1.165) is 27.5 Å². The van der Waals surface area contributed by atoms with Gasteiger partial charge in [0.1, 0.15) is 11.2 Å². The van der Waals surface area contributed by atoms with E-state index in [-0.39, 0.29) is 11.9 Å². The highest BCUT2D eigenvalue weighted by molar-refractivity contribution is 6.05. The van der Waals surface area contributed by atoms with Gasteiger partial charge in [0, 0.05) is 10.8 Å². The Hall–Kier alpha value is -2.29. The van der Waals surface area contributed by atoms with Crippen LogP contribution in [0, 0.1) is 6.92 Å². The number of hydrogen-bond donors (Lipinski definition) is 0. The van der Waals surface area contributed by atoms with Crippen molar-refractivity contribution in [2.24, 2.45) is 0 Å². The molecular formula is C18H18O3. The van der Waals surface area contributed by atoms with E-state index in [4.69, 9.17) is 9.15 Å². The fourth-order valence-corrected chi connectivity index (χ4v) is 2.58. The molecule has 1 aromatic heterocycles. The van der Waals surface area contributed by atoms with Crippen LogP contribution in [-0.4, -0.2) is 12.6 Å². The van der Waals surface area contributed by atoms with E-state index in [0.29, 0.717) is 6.61 Å². The van der Waals surface area contributed by atoms with Gasteiger partial charge in [-0.2, -0.15) is 0 Å². The molecule has 0 aliphatic heterocycles. The first kappa shape index (κ1) is 13.7. The molecule has 0 saturated carbocycles. The van der Waals surface area contributed by atoms with Gasteiger partial charge < -0.3 is 9.15 Å². The molecule has 1 atom stereocenters. The van der Waals surface area contributed by atoms with Gasteiger partial charge in [-0.25, -0.2) is 0 Å². The third kappa shape index (κ3) is 2.40. The third-order valence-electron chi connectivity index (χ3n) is 3.79. The van der Waals surface area contributed by atoms with E-state index in [1.54, 1.807) is 0 Å². The van der Waals surface area contributed by atoms with E-state index in [2.05, 4.69) is 13.0 Å². The van der Waals surface area contributed by atoms with Crippen molar-refractivity contribution in [2.45, 2.75) is 26.7 Å². The molecule has 1 heterocycles. The maximum absolute atomic E-state index is 11.8. The molecule has 0 aliphatic carbocycles. The number of carbonyl (C=O) groups is 1. The fraction of sp³-hybridized carbons (Fsp3) is 0.278. The lowest BCUT2D eigenvalue weighted by atomic mass is 9.99. The zero-order valence-corrected chi connectivity index (χ0v) is 12.5. The van der Waals surface area contributed by atoms with Crippen molar-refractivity contribution >= 4 is 27.9 Å². The molecule has 0 spiro atoms. The van der Waals surface area contributed by atoms with Crippen LogP contribution in [0.3, 0.4) is 0 Å². The minimum absolute atomic E-state index is 0.205. The van der Waals surface area contributed by atoms with Crippen LogP contribution in [0.15, 0.2) is 40.8 Å². The molecule has 1 unspecified atom stereocenters. The SMILES string of the molecule is CCOC(=O)C(C)c1ccc2c(c1)oc1ccc(C)cc12. The summed E-state index contributed by atoms with van der Waals surface area (Å²) in [6.07, 6.45) is 0. The lowest BCUT2D eigenvalue weighted by Gasteiger charge is -2.10. The summed E-state index contributed by atoms with van der Waals surface area (Å²) < 4.78 is 11.0. The standard InChI is InChI=1S/C18H18O3/c1-4-20-18(19)12(3)13-6-7-14-15-9-11(2)5-8-16(15)21-17(14)10-13/h5-10,12H,4H2,1-3H3. The molecule has 108 valence electrons. The summed E-state index contributed by atoms with van der Waals surface area (Å²) in [5, 5.41) is 2.19. The lowest BCUT2D eigenvalue weighted by Crippen LogP contribution is -2.12. The molecule has 3 heteroatoms. The minimum atomic E-state index is -0.288. The van der Waals surface area contributed by atoms with Crippen molar-refractivity contribution in [3.05, 3.63) is 47.5 Å². The van der Waals surface area contributed by atoms with Crippen LogP contribution in [0.4, 0.5) is 0 Å².